The highest BCUT2D eigenvalue weighted by molar-refractivity contribution is 5.64. The van der Waals surface area contributed by atoms with E-state index in [4.69, 9.17) is 0 Å². The standard InChI is InChI=1S/C16H21N3/c1-6-17-15-12(4)13(5)18-16(19-15)14-9-10(2)7-8-11(14)3/h7-9H,6H2,1-5H3,(H,17,18,19). The van der Waals surface area contributed by atoms with Crippen LogP contribution < -0.4 is 5.32 Å². The van der Waals surface area contributed by atoms with E-state index in [1.165, 1.54) is 11.1 Å². The van der Waals surface area contributed by atoms with Gasteiger partial charge in [0.25, 0.3) is 0 Å². The van der Waals surface area contributed by atoms with Crippen LogP contribution in [0.4, 0.5) is 5.82 Å². The van der Waals surface area contributed by atoms with Crippen LogP contribution in [-0.2, 0) is 0 Å². The third-order valence-electron chi connectivity index (χ3n) is 3.37. The maximum absolute atomic E-state index is 4.67. The Hall–Kier alpha value is -1.90. The van der Waals surface area contributed by atoms with Crippen LogP contribution in [0.15, 0.2) is 18.2 Å². The highest BCUT2D eigenvalue weighted by atomic mass is 15.0. The maximum atomic E-state index is 4.67. The van der Waals surface area contributed by atoms with Crippen LogP contribution >= 0.6 is 0 Å². The Morgan fingerprint density at radius 2 is 1.79 bits per heavy atom. The number of rotatable bonds is 3. The molecule has 0 aliphatic heterocycles. The quantitative estimate of drug-likeness (QED) is 0.906. The molecule has 0 spiro atoms. The summed E-state index contributed by atoms with van der Waals surface area (Å²) in [4.78, 5) is 9.31. The summed E-state index contributed by atoms with van der Waals surface area (Å²) in [7, 11) is 0. The van der Waals surface area contributed by atoms with Gasteiger partial charge in [0.15, 0.2) is 5.82 Å². The molecule has 100 valence electrons. The molecule has 0 unspecified atom stereocenters. The molecule has 1 heterocycles. The van der Waals surface area contributed by atoms with Gasteiger partial charge in [-0.1, -0.05) is 17.7 Å². The zero-order chi connectivity index (χ0) is 14.0. The van der Waals surface area contributed by atoms with Gasteiger partial charge < -0.3 is 5.32 Å². The van der Waals surface area contributed by atoms with E-state index in [9.17, 15) is 0 Å². The van der Waals surface area contributed by atoms with Crippen LogP contribution in [0.1, 0.15) is 29.3 Å². The molecule has 3 heteroatoms. The zero-order valence-electron chi connectivity index (χ0n) is 12.3. The summed E-state index contributed by atoms with van der Waals surface area (Å²) < 4.78 is 0. The first-order valence-corrected chi connectivity index (χ1v) is 6.69. The van der Waals surface area contributed by atoms with Crippen molar-refractivity contribution in [1.82, 2.24) is 9.97 Å². The Bertz CT molecular complexity index is 603. The summed E-state index contributed by atoms with van der Waals surface area (Å²) in [5.41, 5.74) is 5.70. The van der Waals surface area contributed by atoms with Crippen molar-refractivity contribution in [2.24, 2.45) is 0 Å². The van der Waals surface area contributed by atoms with Crippen molar-refractivity contribution in [2.45, 2.75) is 34.6 Å². The summed E-state index contributed by atoms with van der Waals surface area (Å²) in [6.07, 6.45) is 0. The third-order valence-corrected chi connectivity index (χ3v) is 3.37. The first-order valence-electron chi connectivity index (χ1n) is 6.69. The first kappa shape index (κ1) is 13.5. The van der Waals surface area contributed by atoms with Gasteiger partial charge in [-0.2, -0.15) is 0 Å². The molecular weight excluding hydrogens is 234 g/mol. The number of nitrogens with zero attached hydrogens (tertiary/aromatic N) is 2. The minimum atomic E-state index is 0.806. The SMILES string of the molecule is CCNc1nc(-c2cc(C)ccc2C)nc(C)c1C. The van der Waals surface area contributed by atoms with Crippen molar-refractivity contribution < 1.29 is 0 Å². The van der Waals surface area contributed by atoms with Crippen molar-refractivity contribution in [3.8, 4) is 11.4 Å². The molecule has 1 N–H and O–H groups in total. The Morgan fingerprint density at radius 1 is 1.05 bits per heavy atom. The molecule has 0 saturated heterocycles. The lowest BCUT2D eigenvalue weighted by molar-refractivity contribution is 1.04. The van der Waals surface area contributed by atoms with Crippen molar-refractivity contribution >= 4 is 5.82 Å². The largest absolute Gasteiger partial charge is 0.370 e. The number of hydrogen-bond donors (Lipinski definition) is 1. The number of anilines is 1. The molecule has 0 aliphatic rings. The van der Waals surface area contributed by atoms with E-state index in [2.05, 4.69) is 61.2 Å². The van der Waals surface area contributed by atoms with Gasteiger partial charge in [0.1, 0.15) is 5.82 Å². The molecule has 2 rings (SSSR count). The van der Waals surface area contributed by atoms with E-state index < -0.39 is 0 Å². The van der Waals surface area contributed by atoms with Gasteiger partial charge in [0.2, 0.25) is 0 Å². The van der Waals surface area contributed by atoms with E-state index in [-0.39, 0.29) is 0 Å². The molecule has 1 aromatic heterocycles. The van der Waals surface area contributed by atoms with E-state index in [0.29, 0.717) is 0 Å². The number of aromatic nitrogens is 2. The minimum absolute atomic E-state index is 0.806. The number of hydrogen-bond acceptors (Lipinski definition) is 3. The first-order chi connectivity index (χ1) is 9.02. The molecule has 2 aromatic rings. The second kappa shape index (κ2) is 5.39. The Kier molecular flexibility index (Phi) is 3.84. The molecule has 0 amide bonds. The smallest absolute Gasteiger partial charge is 0.162 e. The highest BCUT2D eigenvalue weighted by Crippen LogP contribution is 2.25. The van der Waals surface area contributed by atoms with Crippen molar-refractivity contribution in [2.75, 3.05) is 11.9 Å². The summed E-state index contributed by atoms with van der Waals surface area (Å²) in [5, 5.41) is 3.31. The predicted octanol–water partition coefficient (Wildman–Crippen LogP) is 3.81. The molecule has 0 bridgehead atoms. The predicted molar refractivity (Wildman–Crippen MR) is 80.6 cm³/mol. The van der Waals surface area contributed by atoms with Crippen LogP contribution in [0.25, 0.3) is 11.4 Å². The lowest BCUT2D eigenvalue weighted by Gasteiger charge is -2.12. The molecule has 3 nitrogen and oxygen atoms in total. The topological polar surface area (TPSA) is 37.8 Å². The minimum Gasteiger partial charge on any atom is -0.370 e. The number of benzene rings is 1. The van der Waals surface area contributed by atoms with E-state index in [1.807, 2.05) is 6.92 Å². The normalized spacial score (nSPS) is 10.6. The molecule has 0 aliphatic carbocycles. The van der Waals surface area contributed by atoms with Crippen LogP contribution in [0.2, 0.25) is 0 Å². The summed E-state index contributed by atoms with van der Waals surface area (Å²) in [6, 6.07) is 6.39. The van der Waals surface area contributed by atoms with Gasteiger partial charge in [-0.3, -0.25) is 0 Å². The van der Waals surface area contributed by atoms with Crippen LogP contribution in [0.3, 0.4) is 0 Å². The fourth-order valence-corrected chi connectivity index (χ4v) is 2.07. The van der Waals surface area contributed by atoms with Gasteiger partial charge in [-0.15, -0.1) is 0 Å². The fourth-order valence-electron chi connectivity index (χ4n) is 2.07. The lowest BCUT2D eigenvalue weighted by Crippen LogP contribution is -2.06. The molecule has 19 heavy (non-hydrogen) atoms. The van der Waals surface area contributed by atoms with Gasteiger partial charge in [0.05, 0.1) is 0 Å². The van der Waals surface area contributed by atoms with Crippen LogP contribution in [0.5, 0.6) is 0 Å². The van der Waals surface area contributed by atoms with Gasteiger partial charge >= 0.3 is 0 Å². The fraction of sp³-hybridized carbons (Fsp3) is 0.375. The maximum Gasteiger partial charge on any atom is 0.162 e. The van der Waals surface area contributed by atoms with Gasteiger partial charge in [-0.05, 0) is 46.2 Å². The second-order valence-electron chi connectivity index (χ2n) is 4.95. The average molecular weight is 255 g/mol. The lowest BCUT2D eigenvalue weighted by atomic mass is 10.0. The molecule has 0 atom stereocenters. The van der Waals surface area contributed by atoms with Crippen molar-refractivity contribution in [1.29, 1.82) is 0 Å². The third kappa shape index (κ3) is 2.75. The highest BCUT2D eigenvalue weighted by Gasteiger charge is 2.11. The van der Waals surface area contributed by atoms with E-state index in [0.717, 1.165) is 35.0 Å². The Balaban J connectivity index is 2.59. The summed E-state index contributed by atoms with van der Waals surface area (Å²) in [6.45, 7) is 11.2. The van der Waals surface area contributed by atoms with Gasteiger partial charge in [0, 0.05) is 23.4 Å². The summed E-state index contributed by atoms with van der Waals surface area (Å²) >= 11 is 0. The summed E-state index contributed by atoms with van der Waals surface area (Å²) in [5.74, 6) is 1.74. The van der Waals surface area contributed by atoms with Crippen LogP contribution in [-0.4, -0.2) is 16.5 Å². The molecule has 0 saturated carbocycles. The number of nitrogens with one attached hydrogen (secondary N) is 1. The molecule has 1 aromatic carbocycles. The van der Waals surface area contributed by atoms with Crippen LogP contribution in [0, 0.1) is 27.7 Å². The molecule has 0 fully saturated rings. The Morgan fingerprint density at radius 3 is 2.47 bits per heavy atom. The number of aryl methyl sites for hydroxylation is 3. The molecular formula is C16H21N3. The second-order valence-corrected chi connectivity index (χ2v) is 4.95. The monoisotopic (exact) mass is 255 g/mol. The molecule has 0 radical (unpaired) electrons. The van der Waals surface area contributed by atoms with Crippen molar-refractivity contribution in [3.05, 3.63) is 40.6 Å². The average Bonchev–Trinajstić information content (AvgIpc) is 2.38. The van der Waals surface area contributed by atoms with E-state index >= 15 is 0 Å². The van der Waals surface area contributed by atoms with Crippen molar-refractivity contribution in [3.63, 3.8) is 0 Å². The zero-order valence-corrected chi connectivity index (χ0v) is 12.3. The van der Waals surface area contributed by atoms with E-state index in [1.54, 1.807) is 0 Å². The Labute approximate surface area is 115 Å². The van der Waals surface area contributed by atoms with Gasteiger partial charge in [-0.25, -0.2) is 9.97 Å².